The van der Waals surface area contributed by atoms with E-state index in [4.69, 9.17) is 0 Å². The molecule has 0 amide bonds. The molecule has 0 bridgehead atoms. The summed E-state index contributed by atoms with van der Waals surface area (Å²) in [6.07, 6.45) is -2.37. The predicted molar refractivity (Wildman–Crippen MR) is 64.1 cm³/mol. The third-order valence-corrected chi connectivity index (χ3v) is 2.36. The topological polar surface area (TPSA) is 12.0 Å². The van der Waals surface area contributed by atoms with Crippen LogP contribution in [-0.2, 0) is 6.18 Å². The quantitative estimate of drug-likeness (QED) is 0.776. The second kappa shape index (κ2) is 5.25. The lowest BCUT2D eigenvalue weighted by atomic mass is 10.1. The van der Waals surface area contributed by atoms with E-state index in [1.807, 2.05) is 19.9 Å². The average Bonchev–Trinajstić information content (AvgIpc) is 2.18. The van der Waals surface area contributed by atoms with Gasteiger partial charge in [-0.15, -0.1) is 0 Å². The minimum Gasteiger partial charge on any atom is -0.382 e. The highest BCUT2D eigenvalue weighted by Gasteiger charge is 2.32. The predicted octanol–water partition coefficient (Wildman–Crippen LogP) is 4.39. The zero-order valence-corrected chi connectivity index (χ0v) is 10.2. The van der Waals surface area contributed by atoms with Crippen LogP contribution in [0.15, 0.2) is 29.8 Å². The molecular weight excluding hydrogens is 227 g/mol. The molecule has 1 aromatic rings. The molecule has 17 heavy (non-hydrogen) atoms. The molecule has 0 fully saturated rings. The van der Waals surface area contributed by atoms with Crippen LogP contribution in [-0.4, -0.2) is 6.54 Å². The molecule has 0 spiro atoms. The lowest BCUT2D eigenvalue weighted by molar-refractivity contribution is -0.138. The molecule has 0 aliphatic heterocycles. The molecule has 0 saturated carbocycles. The maximum atomic E-state index is 12.6. The summed E-state index contributed by atoms with van der Waals surface area (Å²) in [5.41, 5.74) is 1.27. The number of aryl methyl sites for hydroxylation is 1. The van der Waals surface area contributed by atoms with Crippen molar-refractivity contribution in [2.24, 2.45) is 0 Å². The number of halogens is 3. The molecule has 1 N–H and O–H groups in total. The van der Waals surface area contributed by atoms with Crippen LogP contribution in [0.25, 0.3) is 0 Å². The second-order valence-corrected chi connectivity index (χ2v) is 4.19. The first kappa shape index (κ1) is 13.6. The van der Waals surface area contributed by atoms with E-state index in [0.717, 1.165) is 11.6 Å². The number of hydrogen-bond acceptors (Lipinski definition) is 1. The van der Waals surface area contributed by atoms with E-state index < -0.39 is 11.7 Å². The Morgan fingerprint density at radius 2 is 1.94 bits per heavy atom. The third-order valence-electron chi connectivity index (χ3n) is 2.36. The first-order chi connectivity index (χ1) is 7.80. The van der Waals surface area contributed by atoms with Crippen LogP contribution in [0.2, 0.25) is 0 Å². The Kier molecular flexibility index (Phi) is 4.21. The van der Waals surface area contributed by atoms with Crippen molar-refractivity contribution in [2.75, 3.05) is 11.9 Å². The normalized spacial score (nSPS) is 11.2. The van der Waals surface area contributed by atoms with Gasteiger partial charge in [0, 0.05) is 12.2 Å². The molecule has 94 valence electrons. The monoisotopic (exact) mass is 243 g/mol. The van der Waals surface area contributed by atoms with E-state index in [1.54, 1.807) is 6.07 Å². The highest BCUT2D eigenvalue weighted by atomic mass is 19.4. The highest BCUT2D eigenvalue weighted by molar-refractivity contribution is 5.49. The number of nitrogens with one attached hydrogen (secondary N) is 1. The first-order valence-corrected chi connectivity index (χ1v) is 5.36. The average molecular weight is 243 g/mol. The van der Waals surface area contributed by atoms with Gasteiger partial charge in [-0.25, -0.2) is 0 Å². The molecule has 0 heterocycles. The molecule has 4 heteroatoms. The molecule has 0 unspecified atom stereocenters. The van der Waals surface area contributed by atoms with Gasteiger partial charge in [0.2, 0.25) is 0 Å². The SMILES string of the molecule is CC(C)=CCNc1ccc(C)c(C(F)(F)F)c1. The van der Waals surface area contributed by atoms with E-state index in [0.29, 0.717) is 12.2 Å². The van der Waals surface area contributed by atoms with Crippen molar-refractivity contribution < 1.29 is 13.2 Å². The van der Waals surface area contributed by atoms with Gasteiger partial charge in [-0.2, -0.15) is 13.2 Å². The molecule has 1 rings (SSSR count). The molecular formula is C13H16F3N. The Hall–Kier alpha value is -1.45. The number of anilines is 1. The van der Waals surface area contributed by atoms with Gasteiger partial charge in [0.05, 0.1) is 5.56 Å². The van der Waals surface area contributed by atoms with E-state index in [-0.39, 0.29) is 5.56 Å². The van der Waals surface area contributed by atoms with Crippen molar-refractivity contribution in [3.05, 3.63) is 41.0 Å². The van der Waals surface area contributed by atoms with Gasteiger partial charge in [-0.3, -0.25) is 0 Å². The zero-order valence-electron chi connectivity index (χ0n) is 10.2. The maximum absolute atomic E-state index is 12.6. The van der Waals surface area contributed by atoms with Gasteiger partial charge in [0.15, 0.2) is 0 Å². The molecule has 0 saturated heterocycles. The van der Waals surface area contributed by atoms with Gasteiger partial charge >= 0.3 is 6.18 Å². The van der Waals surface area contributed by atoms with E-state index in [1.165, 1.54) is 13.0 Å². The highest BCUT2D eigenvalue weighted by Crippen LogP contribution is 2.33. The van der Waals surface area contributed by atoms with Crippen molar-refractivity contribution in [1.82, 2.24) is 0 Å². The van der Waals surface area contributed by atoms with Gasteiger partial charge in [0.25, 0.3) is 0 Å². The fraction of sp³-hybridized carbons (Fsp3) is 0.385. The summed E-state index contributed by atoms with van der Waals surface area (Å²) >= 11 is 0. The summed E-state index contributed by atoms with van der Waals surface area (Å²) in [7, 11) is 0. The summed E-state index contributed by atoms with van der Waals surface area (Å²) in [5.74, 6) is 0. The van der Waals surface area contributed by atoms with E-state index in [2.05, 4.69) is 5.32 Å². The van der Waals surface area contributed by atoms with Crippen LogP contribution in [0.4, 0.5) is 18.9 Å². The Morgan fingerprint density at radius 3 is 2.47 bits per heavy atom. The molecule has 1 aromatic carbocycles. The third kappa shape index (κ3) is 4.13. The first-order valence-electron chi connectivity index (χ1n) is 5.36. The molecule has 0 aliphatic carbocycles. The maximum Gasteiger partial charge on any atom is 0.416 e. The van der Waals surface area contributed by atoms with Crippen molar-refractivity contribution >= 4 is 5.69 Å². The fourth-order valence-electron chi connectivity index (χ4n) is 1.41. The molecule has 1 nitrogen and oxygen atoms in total. The fourth-order valence-corrected chi connectivity index (χ4v) is 1.41. The number of alkyl halides is 3. The number of benzene rings is 1. The van der Waals surface area contributed by atoms with Crippen LogP contribution >= 0.6 is 0 Å². The van der Waals surface area contributed by atoms with Crippen LogP contribution in [0.3, 0.4) is 0 Å². The van der Waals surface area contributed by atoms with Crippen molar-refractivity contribution in [3.63, 3.8) is 0 Å². The van der Waals surface area contributed by atoms with Crippen LogP contribution in [0, 0.1) is 6.92 Å². The number of hydrogen-bond donors (Lipinski definition) is 1. The van der Waals surface area contributed by atoms with Gasteiger partial charge in [-0.05, 0) is 38.5 Å². The summed E-state index contributed by atoms with van der Waals surface area (Å²) in [4.78, 5) is 0. The summed E-state index contributed by atoms with van der Waals surface area (Å²) < 4.78 is 37.9. The Bertz CT molecular complexity index is 415. The minimum atomic E-state index is -4.29. The largest absolute Gasteiger partial charge is 0.416 e. The Labute approximate surface area is 99.3 Å². The van der Waals surface area contributed by atoms with Crippen molar-refractivity contribution in [3.8, 4) is 0 Å². The molecule has 0 radical (unpaired) electrons. The van der Waals surface area contributed by atoms with Crippen molar-refractivity contribution in [1.29, 1.82) is 0 Å². The van der Waals surface area contributed by atoms with Crippen molar-refractivity contribution in [2.45, 2.75) is 26.9 Å². The number of allylic oxidation sites excluding steroid dienone is 1. The second-order valence-electron chi connectivity index (χ2n) is 4.19. The smallest absolute Gasteiger partial charge is 0.382 e. The summed E-state index contributed by atoms with van der Waals surface area (Å²) in [6.45, 7) is 5.88. The number of rotatable bonds is 3. The summed E-state index contributed by atoms with van der Waals surface area (Å²) in [5, 5.41) is 2.94. The van der Waals surface area contributed by atoms with Crippen LogP contribution in [0.5, 0.6) is 0 Å². The lowest BCUT2D eigenvalue weighted by Crippen LogP contribution is -2.09. The Balaban J connectivity index is 2.86. The van der Waals surface area contributed by atoms with E-state index >= 15 is 0 Å². The van der Waals surface area contributed by atoms with Crippen LogP contribution < -0.4 is 5.32 Å². The Morgan fingerprint density at radius 1 is 1.29 bits per heavy atom. The standard InChI is InChI=1S/C13H16F3N/c1-9(2)6-7-17-11-5-4-10(3)12(8-11)13(14,15)16/h4-6,8,17H,7H2,1-3H3. The zero-order chi connectivity index (χ0) is 13.1. The lowest BCUT2D eigenvalue weighted by Gasteiger charge is -2.12. The van der Waals surface area contributed by atoms with Gasteiger partial charge < -0.3 is 5.32 Å². The molecule has 0 atom stereocenters. The minimum absolute atomic E-state index is 0.241. The van der Waals surface area contributed by atoms with Crippen LogP contribution in [0.1, 0.15) is 25.0 Å². The molecule has 0 aliphatic rings. The van der Waals surface area contributed by atoms with Gasteiger partial charge in [-0.1, -0.05) is 17.7 Å². The van der Waals surface area contributed by atoms with E-state index in [9.17, 15) is 13.2 Å². The van der Waals surface area contributed by atoms with Gasteiger partial charge in [0.1, 0.15) is 0 Å². The summed E-state index contributed by atoms with van der Waals surface area (Å²) in [6, 6.07) is 4.28. The molecule has 0 aromatic heterocycles.